The van der Waals surface area contributed by atoms with Crippen molar-refractivity contribution in [2.45, 2.75) is 45.4 Å². The third-order valence-electron chi connectivity index (χ3n) is 3.61. The van der Waals surface area contributed by atoms with E-state index in [2.05, 4.69) is 29.2 Å². The number of hydrogen-bond acceptors (Lipinski definition) is 4. The van der Waals surface area contributed by atoms with Gasteiger partial charge in [-0.15, -0.1) is 0 Å². The van der Waals surface area contributed by atoms with Crippen molar-refractivity contribution in [3.8, 4) is 0 Å². The van der Waals surface area contributed by atoms with Crippen molar-refractivity contribution in [2.75, 3.05) is 13.7 Å². The molecular weight excluding hydrogens is 216 g/mol. The SMILES string of the molecule is CCn1ncnc1CC(NC)C1OCCC1C. The fourth-order valence-electron chi connectivity index (χ4n) is 2.52. The molecule has 1 aliphatic rings. The molecule has 17 heavy (non-hydrogen) atoms. The van der Waals surface area contributed by atoms with Gasteiger partial charge in [-0.1, -0.05) is 6.92 Å². The Morgan fingerprint density at radius 3 is 3.06 bits per heavy atom. The van der Waals surface area contributed by atoms with Crippen LogP contribution in [-0.4, -0.2) is 40.6 Å². The molecular formula is C12H22N4O. The third kappa shape index (κ3) is 2.66. The molecule has 5 heteroatoms. The number of nitrogens with zero attached hydrogens (tertiary/aromatic N) is 3. The van der Waals surface area contributed by atoms with E-state index in [1.54, 1.807) is 6.33 Å². The molecule has 1 saturated heterocycles. The lowest BCUT2D eigenvalue weighted by molar-refractivity contribution is 0.0625. The van der Waals surface area contributed by atoms with Crippen LogP contribution in [0.1, 0.15) is 26.1 Å². The van der Waals surface area contributed by atoms with Gasteiger partial charge in [0.25, 0.3) is 0 Å². The predicted molar refractivity (Wildman–Crippen MR) is 65.8 cm³/mol. The van der Waals surface area contributed by atoms with Crippen molar-refractivity contribution in [3.63, 3.8) is 0 Å². The largest absolute Gasteiger partial charge is 0.376 e. The zero-order valence-corrected chi connectivity index (χ0v) is 10.9. The molecule has 0 amide bonds. The van der Waals surface area contributed by atoms with Gasteiger partial charge in [-0.3, -0.25) is 4.68 Å². The fraction of sp³-hybridized carbons (Fsp3) is 0.833. The summed E-state index contributed by atoms with van der Waals surface area (Å²) in [7, 11) is 1.99. The highest BCUT2D eigenvalue weighted by atomic mass is 16.5. The Labute approximate surface area is 103 Å². The minimum Gasteiger partial charge on any atom is -0.376 e. The Morgan fingerprint density at radius 2 is 2.47 bits per heavy atom. The van der Waals surface area contributed by atoms with E-state index in [0.717, 1.165) is 31.8 Å². The number of nitrogens with one attached hydrogen (secondary N) is 1. The van der Waals surface area contributed by atoms with Crippen LogP contribution in [0.15, 0.2) is 6.33 Å². The Bertz CT molecular complexity index is 352. The predicted octanol–water partition coefficient (Wildman–Crippen LogP) is 0.853. The lowest BCUT2D eigenvalue weighted by Crippen LogP contribution is -2.42. The Hall–Kier alpha value is -0.940. The summed E-state index contributed by atoms with van der Waals surface area (Å²) < 4.78 is 7.77. The minimum atomic E-state index is 0.294. The summed E-state index contributed by atoms with van der Waals surface area (Å²) in [4.78, 5) is 4.33. The molecule has 0 aliphatic carbocycles. The van der Waals surface area contributed by atoms with Crippen LogP contribution in [0.5, 0.6) is 0 Å². The molecule has 0 bridgehead atoms. The van der Waals surface area contributed by atoms with Gasteiger partial charge in [0.05, 0.1) is 6.10 Å². The van der Waals surface area contributed by atoms with Crippen molar-refractivity contribution in [1.29, 1.82) is 0 Å². The van der Waals surface area contributed by atoms with Crippen LogP contribution in [-0.2, 0) is 17.7 Å². The quantitative estimate of drug-likeness (QED) is 0.826. The number of rotatable bonds is 5. The summed E-state index contributed by atoms with van der Waals surface area (Å²) in [5.41, 5.74) is 0. The summed E-state index contributed by atoms with van der Waals surface area (Å²) in [6.45, 7) is 6.09. The van der Waals surface area contributed by atoms with Gasteiger partial charge in [0, 0.05) is 25.6 Å². The summed E-state index contributed by atoms with van der Waals surface area (Å²) in [5.74, 6) is 1.65. The Kier molecular flexibility index (Phi) is 4.12. The zero-order chi connectivity index (χ0) is 12.3. The summed E-state index contributed by atoms with van der Waals surface area (Å²) in [6, 6.07) is 0.321. The lowest BCUT2D eigenvalue weighted by atomic mass is 9.95. The van der Waals surface area contributed by atoms with Crippen LogP contribution in [0.2, 0.25) is 0 Å². The fourth-order valence-corrected chi connectivity index (χ4v) is 2.52. The highest BCUT2D eigenvalue weighted by Crippen LogP contribution is 2.24. The standard InChI is InChI=1S/C12H22N4O/c1-4-16-11(14-8-15-16)7-10(13-3)12-9(2)5-6-17-12/h8-10,12-13H,4-7H2,1-3H3. The summed E-state index contributed by atoms with van der Waals surface area (Å²) in [5, 5.41) is 7.56. The first-order valence-electron chi connectivity index (χ1n) is 6.41. The van der Waals surface area contributed by atoms with Crippen molar-refractivity contribution in [2.24, 2.45) is 5.92 Å². The van der Waals surface area contributed by atoms with Crippen molar-refractivity contribution < 1.29 is 4.74 Å². The highest BCUT2D eigenvalue weighted by molar-refractivity contribution is 4.94. The maximum absolute atomic E-state index is 5.82. The molecule has 96 valence electrons. The normalized spacial score (nSPS) is 26.3. The molecule has 0 radical (unpaired) electrons. The first-order valence-corrected chi connectivity index (χ1v) is 6.41. The van der Waals surface area contributed by atoms with Gasteiger partial charge >= 0.3 is 0 Å². The molecule has 0 spiro atoms. The maximum atomic E-state index is 5.82. The second-order valence-electron chi connectivity index (χ2n) is 4.69. The molecule has 2 heterocycles. The average Bonchev–Trinajstić information content (AvgIpc) is 2.94. The summed E-state index contributed by atoms with van der Waals surface area (Å²) in [6.07, 6.45) is 3.95. The summed E-state index contributed by atoms with van der Waals surface area (Å²) >= 11 is 0. The van der Waals surface area contributed by atoms with Crippen molar-refractivity contribution >= 4 is 0 Å². The van der Waals surface area contributed by atoms with Gasteiger partial charge in [-0.05, 0) is 26.3 Å². The maximum Gasteiger partial charge on any atom is 0.138 e. The van der Waals surface area contributed by atoms with Crippen LogP contribution >= 0.6 is 0 Å². The van der Waals surface area contributed by atoms with E-state index >= 15 is 0 Å². The van der Waals surface area contributed by atoms with Crippen molar-refractivity contribution in [3.05, 3.63) is 12.2 Å². The molecule has 3 unspecified atom stereocenters. The number of aromatic nitrogens is 3. The van der Waals surface area contributed by atoms with Gasteiger partial charge in [0.1, 0.15) is 12.2 Å². The van der Waals surface area contributed by atoms with Gasteiger partial charge in [0.2, 0.25) is 0 Å². The number of hydrogen-bond donors (Lipinski definition) is 1. The monoisotopic (exact) mass is 238 g/mol. The van der Waals surface area contributed by atoms with Gasteiger partial charge < -0.3 is 10.1 Å². The van der Waals surface area contributed by atoms with Crippen molar-refractivity contribution in [1.82, 2.24) is 20.1 Å². The second kappa shape index (κ2) is 5.60. The number of aryl methyl sites for hydroxylation is 1. The van der Waals surface area contributed by atoms with Gasteiger partial charge in [-0.2, -0.15) is 5.10 Å². The average molecular weight is 238 g/mol. The number of ether oxygens (including phenoxy) is 1. The smallest absolute Gasteiger partial charge is 0.138 e. The number of likely N-dealkylation sites (N-methyl/N-ethyl adjacent to an activating group) is 1. The molecule has 1 aromatic rings. The van der Waals surface area contributed by atoms with E-state index < -0.39 is 0 Å². The van der Waals surface area contributed by atoms with E-state index in [0.29, 0.717) is 18.1 Å². The first-order chi connectivity index (χ1) is 8.26. The van der Waals surface area contributed by atoms with Crippen LogP contribution < -0.4 is 5.32 Å². The minimum absolute atomic E-state index is 0.294. The Balaban J connectivity index is 2.04. The first kappa shape index (κ1) is 12.5. The van der Waals surface area contributed by atoms with Crippen LogP contribution in [0, 0.1) is 5.92 Å². The molecule has 1 fully saturated rings. The van der Waals surface area contributed by atoms with Crippen LogP contribution in [0.4, 0.5) is 0 Å². The topological polar surface area (TPSA) is 52.0 Å². The molecule has 5 nitrogen and oxygen atoms in total. The molecule has 1 aliphatic heterocycles. The third-order valence-corrected chi connectivity index (χ3v) is 3.61. The molecule has 3 atom stereocenters. The molecule has 2 rings (SSSR count). The van der Waals surface area contributed by atoms with E-state index in [-0.39, 0.29) is 0 Å². The molecule has 1 aromatic heterocycles. The van der Waals surface area contributed by atoms with E-state index in [1.165, 1.54) is 0 Å². The Morgan fingerprint density at radius 1 is 1.65 bits per heavy atom. The van der Waals surface area contributed by atoms with Gasteiger partial charge in [0.15, 0.2) is 0 Å². The van der Waals surface area contributed by atoms with Crippen LogP contribution in [0.3, 0.4) is 0 Å². The van der Waals surface area contributed by atoms with E-state index in [9.17, 15) is 0 Å². The molecule has 0 saturated carbocycles. The van der Waals surface area contributed by atoms with E-state index in [1.807, 2.05) is 11.7 Å². The highest BCUT2D eigenvalue weighted by Gasteiger charge is 2.32. The van der Waals surface area contributed by atoms with E-state index in [4.69, 9.17) is 4.74 Å². The van der Waals surface area contributed by atoms with Crippen LogP contribution in [0.25, 0.3) is 0 Å². The van der Waals surface area contributed by atoms with Gasteiger partial charge in [-0.25, -0.2) is 4.98 Å². The second-order valence-corrected chi connectivity index (χ2v) is 4.69. The lowest BCUT2D eigenvalue weighted by Gasteiger charge is -2.25. The zero-order valence-electron chi connectivity index (χ0n) is 10.9. The molecule has 0 aromatic carbocycles. The molecule has 1 N–H and O–H groups in total.